The van der Waals surface area contributed by atoms with Crippen molar-refractivity contribution in [2.75, 3.05) is 6.61 Å². The average Bonchev–Trinajstić information content (AvgIpc) is 2.28. The topological polar surface area (TPSA) is 39.2 Å². The van der Waals surface area contributed by atoms with Gasteiger partial charge in [0, 0.05) is 10.4 Å². The number of nitrogens with zero attached hydrogens (tertiary/aromatic N) is 1. The Hall–Kier alpha value is -0.840. The first-order valence-corrected chi connectivity index (χ1v) is 6.71. The molecule has 0 spiro atoms. The highest BCUT2D eigenvalue weighted by atomic mass is 79.9. The van der Waals surface area contributed by atoms with Gasteiger partial charge in [0.05, 0.1) is 17.1 Å². The van der Waals surface area contributed by atoms with E-state index < -0.39 is 5.97 Å². The van der Waals surface area contributed by atoms with Gasteiger partial charge in [-0.2, -0.15) is 0 Å². The molecule has 0 bridgehead atoms. The van der Waals surface area contributed by atoms with Crippen LogP contribution in [0.3, 0.4) is 0 Å². The smallest absolute Gasteiger partial charge is 0.342 e. The molecule has 0 saturated carbocycles. The van der Waals surface area contributed by atoms with Gasteiger partial charge >= 0.3 is 5.97 Å². The molecule has 2 aromatic rings. The van der Waals surface area contributed by atoms with Crippen LogP contribution in [0.1, 0.15) is 17.3 Å². The molecule has 18 heavy (non-hydrogen) atoms. The molecule has 1 aromatic heterocycles. The van der Waals surface area contributed by atoms with Gasteiger partial charge < -0.3 is 4.74 Å². The van der Waals surface area contributed by atoms with Crippen LogP contribution in [0.2, 0.25) is 10.0 Å². The van der Waals surface area contributed by atoms with Crippen LogP contribution in [0.4, 0.5) is 0 Å². The van der Waals surface area contributed by atoms with Crippen LogP contribution in [-0.2, 0) is 4.74 Å². The number of rotatable bonds is 2. The van der Waals surface area contributed by atoms with E-state index in [2.05, 4.69) is 20.9 Å². The molecule has 0 unspecified atom stereocenters. The maximum absolute atomic E-state index is 11.8. The second-order valence-electron chi connectivity index (χ2n) is 3.47. The van der Waals surface area contributed by atoms with Crippen molar-refractivity contribution in [1.82, 2.24) is 4.98 Å². The first-order chi connectivity index (χ1) is 8.54. The normalized spacial score (nSPS) is 10.7. The van der Waals surface area contributed by atoms with Gasteiger partial charge in [0.25, 0.3) is 0 Å². The number of aromatic nitrogens is 1. The van der Waals surface area contributed by atoms with E-state index in [0.29, 0.717) is 25.6 Å². The second-order valence-corrected chi connectivity index (χ2v) is 5.04. The van der Waals surface area contributed by atoms with Crippen LogP contribution in [0.15, 0.2) is 22.8 Å². The lowest BCUT2D eigenvalue weighted by molar-refractivity contribution is 0.0525. The van der Waals surface area contributed by atoms with Gasteiger partial charge in [-0.1, -0.05) is 23.2 Å². The molecule has 0 saturated heterocycles. The third-order valence-electron chi connectivity index (χ3n) is 2.32. The summed E-state index contributed by atoms with van der Waals surface area (Å²) in [5, 5.41) is 1.52. The summed E-state index contributed by atoms with van der Waals surface area (Å²) in [6, 6.07) is 5.10. The molecule has 1 heterocycles. The first-order valence-electron chi connectivity index (χ1n) is 5.16. The molecular weight excluding hydrogens is 341 g/mol. The summed E-state index contributed by atoms with van der Waals surface area (Å²) in [7, 11) is 0. The van der Waals surface area contributed by atoms with Crippen LogP contribution in [0, 0.1) is 0 Å². The van der Waals surface area contributed by atoms with Crippen molar-refractivity contribution in [3.05, 3.63) is 38.4 Å². The summed E-state index contributed by atoms with van der Waals surface area (Å²) in [6.45, 7) is 2.01. The Morgan fingerprint density at radius 3 is 2.83 bits per heavy atom. The largest absolute Gasteiger partial charge is 0.462 e. The molecule has 0 aliphatic rings. The van der Waals surface area contributed by atoms with E-state index in [9.17, 15) is 4.79 Å². The number of hydrogen-bond acceptors (Lipinski definition) is 3. The minimum Gasteiger partial charge on any atom is -0.462 e. The van der Waals surface area contributed by atoms with Gasteiger partial charge in [0.15, 0.2) is 0 Å². The van der Waals surface area contributed by atoms with Crippen LogP contribution < -0.4 is 0 Å². The molecule has 6 heteroatoms. The molecule has 0 amide bonds. The van der Waals surface area contributed by atoms with Crippen molar-refractivity contribution in [3.8, 4) is 0 Å². The number of esters is 1. The van der Waals surface area contributed by atoms with Gasteiger partial charge in [0.2, 0.25) is 0 Å². The summed E-state index contributed by atoms with van der Waals surface area (Å²) >= 11 is 15.3. The summed E-state index contributed by atoms with van der Waals surface area (Å²) in [5.41, 5.74) is 0.848. The zero-order chi connectivity index (χ0) is 13.3. The molecule has 2 rings (SSSR count). The molecule has 0 radical (unpaired) electrons. The highest BCUT2D eigenvalue weighted by Crippen LogP contribution is 2.32. The number of carbonyl (C=O) groups is 1. The zero-order valence-corrected chi connectivity index (χ0v) is 12.4. The Morgan fingerprint density at radius 1 is 1.44 bits per heavy atom. The summed E-state index contributed by atoms with van der Waals surface area (Å²) in [6.07, 6.45) is 0. The number of fused-ring (bicyclic) bond motifs is 1. The van der Waals surface area contributed by atoms with Crippen molar-refractivity contribution in [1.29, 1.82) is 0 Å². The lowest BCUT2D eigenvalue weighted by atomic mass is 10.1. The van der Waals surface area contributed by atoms with E-state index in [1.54, 1.807) is 25.1 Å². The molecule has 1 aromatic carbocycles. The molecule has 0 fully saturated rings. The first kappa shape index (κ1) is 13.6. The van der Waals surface area contributed by atoms with Crippen molar-refractivity contribution in [3.63, 3.8) is 0 Å². The van der Waals surface area contributed by atoms with Gasteiger partial charge in [-0.25, -0.2) is 9.78 Å². The van der Waals surface area contributed by atoms with Crippen LogP contribution in [0.5, 0.6) is 0 Å². The van der Waals surface area contributed by atoms with E-state index in [1.807, 2.05) is 0 Å². The number of hydrogen-bond donors (Lipinski definition) is 0. The van der Waals surface area contributed by atoms with Crippen molar-refractivity contribution in [2.24, 2.45) is 0 Å². The zero-order valence-electron chi connectivity index (χ0n) is 9.34. The lowest BCUT2D eigenvalue weighted by Crippen LogP contribution is -2.07. The molecule has 0 atom stereocenters. The molecule has 0 N–H and O–H groups in total. The SMILES string of the molecule is CCOC(=O)c1c(Br)nc2cc(Cl)ccc2c1Cl. The minimum atomic E-state index is -0.501. The average molecular weight is 349 g/mol. The van der Waals surface area contributed by atoms with E-state index in [1.165, 1.54) is 0 Å². The number of halogens is 3. The second kappa shape index (κ2) is 5.43. The van der Waals surface area contributed by atoms with E-state index in [-0.39, 0.29) is 12.2 Å². The Bertz CT molecular complexity index is 631. The Labute approximate surface area is 122 Å². The fourth-order valence-corrected chi connectivity index (χ4v) is 2.70. The van der Waals surface area contributed by atoms with Crippen LogP contribution in [0.25, 0.3) is 10.9 Å². The maximum atomic E-state index is 11.8. The maximum Gasteiger partial charge on any atom is 0.342 e. The van der Waals surface area contributed by atoms with E-state index in [4.69, 9.17) is 27.9 Å². The lowest BCUT2D eigenvalue weighted by Gasteiger charge is -2.09. The Morgan fingerprint density at radius 2 is 2.17 bits per heavy atom. The monoisotopic (exact) mass is 347 g/mol. The molecule has 3 nitrogen and oxygen atoms in total. The highest BCUT2D eigenvalue weighted by Gasteiger charge is 2.19. The molecule has 94 valence electrons. The van der Waals surface area contributed by atoms with Crippen molar-refractivity contribution in [2.45, 2.75) is 6.92 Å². The van der Waals surface area contributed by atoms with E-state index in [0.717, 1.165) is 0 Å². The van der Waals surface area contributed by atoms with Gasteiger partial charge in [0.1, 0.15) is 10.2 Å². The van der Waals surface area contributed by atoms with E-state index >= 15 is 0 Å². The molecular formula is C12H8BrCl2NO2. The predicted octanol–water partition coefficient (Wildman–Crippen LogP) is 4.48. The van der Waals surface area contributed by atoms with Crippen LogP contribution >= 0.6 is 39.1 Å². The minimum absolute atomic E-state index is 0.230. The van der Waals surface area contributed by atoms with Crippen molar-refractivity contribution >= 4 is 56.0 Å². The fraction of sp³-hybridized carbons (Fsp3) is 0.167. The summed E-state index contributed by atoms with van der Waals surface area (Å²) < 4.78 is 5.29. The number of pyridine rings is 1. The third kappa shape index (κ3) is 2.46. The Kier molecular flexibility index (Phi) is 4.10. The van der Waals surface area contributed by atoms with Crippen molar-refractivity contribution < 1.29 is 9.53 Å². The van der Waals surface area contributed by atoms with Gasteiger partial charge in [-0.05, 0) is 41.1 Å². The number of carbonyl (C=O) groups excluding carboxylic acids is 1. The summed E-state index contributed by atoms with van der Waals surface area (Å²) in [5.74, 6) is -0.501. The molecule has 0 aliphatic heterocycles. The summed E-state index contributed by atoms with van der Waals surface area (Å²) in [4.78, 5) is 16.0. The van der Waals surface area contributed by atoms with Gasteiger partial charge in [-0.3, -0.25) is 0 Å². The van der Waals surface area contributed by atoms with Gasteiger partial charge in [-0.15, -0.1) is 0 Å². The quantitative estimate of drug-likeness (QED) is 0.593. The predicted molar refractivity (Wildman–Crippen MR) is 75.4 cm³/mol. The third-order valence-corrected chi connectivity index (χ3v) is 3.52. The number of ether oxygens (including phenoxy) is 1. The fourth-order valence-electron chi connectivity index (χ4n) is 1.55. The Balaban J connectivity index is 2.69. The number of benzene rings is 1. The standard InChI is InChI=1S/C12H8BrCl2NO2/c1-2-18-12(17)9-10(15)7-4-3-6(14)5-8(7)16-11(9)13/h3-5H,2H2,1H3. The highest BCUT2D eigenvalue weighted by molar-refractivity contribution is 9.10. The molecule has 0 aliphatic carbocycles. The van der Waals surface area contributed by atoms with Crippen LogP contribution in [-0.4, -0.2) is 17.6 Å².